The van der Waals surface area contributed by atoms with Crippen molar-refractivity contribution >= 4 is 23.1 Å². The molecule has 1 aliphatic heterocycles. The van der Waals surface area contributed by atoms with Crippen molar-refractivity contribution in [2.24, 2.45) is 5.41 Å². The van der Waals surface area contributed by atoms with E-state index in [0.29, 0.717) is 22.3 Å². The minimum Gasteiger partial charge on any atom is -0.478 e. The molecular formula is C25H30N4O3. The Labute approximate surface area is 187 Å². The summed E-state index contributed by atoms with van der Waals surface area (Å²) in [6.07, 6.45) is 3.85. The number of nitrogens with zero attached hydrogens (tertiary/aromatic N) is 3. The molecule has 1 aromatic carbocycles. The number of benzene rings is 1. The van der Waals surface area contributed by atoms with E-state index in [9.17, 15) is 14.7 Å². The van der Waals surface area contributed by atoms with Gasteiger partial charge in [-0.1, -0.05) is 32.0 Å². The van der Waals surface area contributed by atoms with Crippen LogP contribution in [0.3, 0.4) is 0 Å². The van der Waals surface area contributed by atoms with E-state index in [4.69, 9.17) is 4.98 Å². The Morgan fingerprint density at radius 2 is 1.84 bits per heavy atom. The van der Waals surface area contributed by atoms with Gasteiger partial charge in [-0.3, -0.25) is 9.20 Å². The lowest BCUT2D eigenvalue weighted by Gasteiger charge is -2.38. The van der Waals surface area contributed by atoms with E-state index in [2.05, 4.69) is 24.1 Å². The second-order valence-corrected chi connectivity index (χ2v) is 9.39. The molecule has 7 nitrogen and oxygen atoms in total. The quantitative estimate of drug-likeness (QED) is 0.615. The summed E-state index contributed by atoms with van der Waals surface area (Å²) >= 11 is 0. The van der Waals surface area contributed by atoms with Crippen LogP contribution in [-0.2, 0) is 0 Å². The summed E-state index contributed by atoms with van der Waals surface area (Å²) < 4.78 is 1.59. The van der Waals surface area contributed by atoms with Gasteiger partial charge in [-0.2, -0.15) is 0 Å². The largest absolute Gasteiger partial charge is 0.478 e. The first kappa shape index (κ1) is 21.9. The number of carbonyl (C=O) groups is 1. The molecule has 1 atom stereocenters. The van der Waals surface area contributed by atoms with Crippen LogP contribution in [0.5, 0.6) is 0 Å². The number of aromatic carboxylic acids is 1. The molecule has 1 unspecified atom stereocenters. The summed E-state index contributed by atoms with van der Waals surface area (Å²) in [5.74, 6) is -0.241. The fourth-order valence-corrected chi connectivity index (χ4v) is 4.34. The van der Waals surface area contributed by atoms with Crippen LogP contribution in [0.15, 0.2) is 47.4 Å². The van der Waals surface area contributed by atoms with Crippen LogP contribution in [0.25, 0.3) is 5.65 Å². The smallest absolute Gasteiger partial charge is 0.337 e. The fourth-order valence-electron chi connectivity index (χ4n) is 4.34. The van der Waals surface area contributed by atoms with Crippen molar-refractivity contribution < 1.29 is 9.90 Å². The van der Waals surface area contributed by atoms with Crippen LogP contribution in [0.4, 0.5) is 11.5 Å². The number of para-hydroxylation sites is 1. The predicted octanol–water partition coefficient (Wildman–Crippen LogP) is 4.50. The third-order valence-electron chi connectivity index (χ3n) is 6.50. The third kappa shape index (κ3) is 4.07. The van der Waals surface area contributed by atoms with Crippen molar-refractivity contribution in [1.29, 1.82) is 0 Å². The van der Waals surface area contributed by atoms with Gasteiger partial charge >= 0.3 is 5.97 Å². The van der Waals surface area contributed by atoms with Gasteiger partial charge in [0.15, 0.2) is 0 Å². The van der Waals surface area contributed by atoms with E-state index in [1.165, 1.54) is 0 Å². The van der Waals surface area contributed by atoms with Gasteiger partial charge in [0.25, 0.3) is 5.56 Å². The molecule has 1 fully saturated rings. The first-order chi connectivity index (χ1) is 15.2. The van der Waals surface area contributed by atoms with Gasteiger partial charge < -0.3 is 15.3 Å². The molecule has 0 radical (unpaired) electrons. The Kier molecular flexibility index (Phi) is 5.67. The number of aromatic nitrogens is 2. The lowest BCUT2D eigenvalue weighted by atomic mass is 9.82. The third-order valence-corrected chi connectivity index (χ3v) is 6.50. The second-order valence-electron chi connectivity index (χ2n) is 9.39. The normalized spacial score (nSPS) is 16.7. The first-order valence-corrected chi connectivity index (χ1v) is 11.0. The summed E-state index contributed by atoms with van der Waals surface area (Å²) in [7, 11) is 0. The fraction of sp³-hybridized carbons (Fsp3) is 0.400. The molecule has 0 saturated carbocycles. The molecule has 0 amide bonds. The highest BCUT2D eigenvalue weighted by molar-refractivity contribution is 5.94. The van der Waals surface area contributed by atoms with Gasteiger partial charge in [-0.15, -0.1) is 0 Å². The maximum absolute atomic E-state index is 13.2. The molecule has 2 N–H and O–H groups in total. The van der Waals surface area contributed by atoms with Crippen molar-refractivity contribution in [3.05, 3.63) is 69.6 Å². The highest BCUT2D eigenvalue weighted by atomic mass is 16.4. The Balaban J connectivity index is 1.75. The molecular weight excluding hydrogens is 404 g/mol. The maximum Gasteiger partial charge on any atom is 0.337 e. The zero-order valence-corrected chi connectivity index (χ0v) is 19.1. The van der Waals surface area contributed by atoms with Gasteiger partial charge in [-0.05, 0) is 50.3 Å². The Morgan fingerprint density at radius 1 is 1.16 bits per heavy atom. The molecule has 1 aliphatic rings. The molecule has 4 rings (SSSR count). The Hall–Kier alpha value is -3.35. The van der Waals surface area contributed by atoms with E-state index in [1.54, 1.807) is 34.9 Å². The van der Waals surface area contributed by atoms with E-state index in [1.807, 2.05) is 26.0 Å². The van der Waals surface area contributed by atoms with Crippen LogP contribution < -0.4 is 15.8 Å². The standard InChI is InChI=1S/C25H30N4O3/c1-16-21(28-14-11-25(3,4)12-15-28)27-22-18(9-7-13-29(22)23(16)30)17(2)26-20-10-6-5-8-19(20)24(31)32/h5-10,13,17,26H,11-12,14-15H2,1-4H3,(H,31,32). The van der Waals surface area contributed by atoms with Gasteiger partial charge in [0, 0.05) is 30.5 Å². The maximum atomic E-state index is 13.2. The zero-order valence-electron chi connectivity index (χ0n) is 19.1. The van der Waals surface area contributed by atoms with E-state index in [0.717, 1.165) is 37.3 Å². The Morgan fingerprint density at radius 3 is 2.53 bits per heavy atom. The van der Waals surface area contributed by atoms with Crippen molar-refractivity contribution in [1.82, 2.24) is 9.38 Å². The number of hydrogen-bond acceptors (Lipinski definition) is 5. The SMILES string of the molecule is Cc1c(N2CCC(C)(C)CC2)nc2c(C(C)Nc3ccccc3C(=O)O)cccn2c1=O. The number of piperidine rings is 1. The Bertz CT molecular complexity index is 1220. The number of rotatable bonds is 5. The average molecular weight is 435 g/mol. The van der Waals surface area contributed by atoms with Crippen LogP contribution in [0.1, 0.15) is 61.1 Å². The molecule has 0 spiro atoms. The number of nitrogens with one attached hydrogen (secondary N) is 1. The van der Waals surface area contributed by atoms with Gasteiger partial charge in [0.1, 0.15) is 11.5 Å². The van der Waals surface area contributed by atoms with Crippen molar-refractivity contribution in [3.8, 4) is 0 Å². The molecule has 0 bridgehead atoms. The number of anilines is 2. The minimum absolute atomic E-state index is 0.0742. The van der Waals surface area contributed by atoms with E-state index in [-0.39, 0.29) is 17.2 Å². The van der Waals surface area contributed by atoms with Gasteiger partial charge in [0.05, 0.1) is 17.2 Å². The van der Waals surface area contributed by atoms with Crippen molar-refractivity contribution in [2.75, 3.05) is 23.3 Å². The van der Waals surface area contributed by atoms with Gasteiger partial charge in [-0.25, -0.2) is 9.78 Å². The first-order valence-electron chi connectivity index (χ1n) is 11.0. The molecule has 2 aromatic heterocycles. The van der Waals surface area contributed by atoms with Crippen LogP contribution in [-0.4, -0.2) is 33.6 Å². The molecule has 7 heteroatoms. The van der Waals surface area contributed by atoms with Crippen molar-refractivity contribution in [2.45, 2.75) is 46.6 Å². The van der Waals surface area contributed by atoms with Crippen LogP contribution in [0.2, 0.25) is 0 Å². The average Bonchev–Trinajstić information content (AvgIpc) is 2.76. The monoisotopic (exact) mass is 434 g/mol. The number of hydrogen-bond donors (Lipinski definition) is 2. The minimum atomic E-state index is -0.988. The molecule has 0 aliphatic carbocycles. The lowest BCUT2D eigenvalue weighted by Crippen LogP contribution is -2.39. The second kappa shape index (κ2) is 8.30. The summed E-state index contributed by atoms with van der Waals surface area (Å²) in [6.45, 7) is 10.1. The number of carboxylic acids is 1. The number of pyridine rings is 1. The molecule has 3 heterocycles. The molecule has 3 aromatic rings. The van der Waals surface area contributed by atoms with E-state index >= 15 is 0 Å². The topological polar surface area (TPSA) is 86.9 Å². The summed E-state index contributed by atoms with van der Waals surface area (Å²) in [5, 5.41) is 12.8. The van der Waals surface area contributed by atoms with E-state index < -0.39 is 5.97 Å². The number of fused-ring (bicyclic) bond motifs is 1. The highest BCUT2D eigenvalue weighted by Gasteiger charge is 2.28. The number of carboxylic acid groups (broad SMARTS) is 1. The highest BCUT2D eigenvalue weighted by Crippen LogP contribution is 2.33. The van der Waals surface area contributed by atoms with Crippen LogP contribution in [0, 0.1) is 12.3 Å². The van der Waals surface area contributed by atoms with Crippen molar-refractivity contribution in [3.63, 3.8) is 0 Å². The van der Waals surface area contributed by atoms with Crippen LogP contribution >= 0.6 is 0 Å². The molecule has 168 valence electrons. The summed E-state index contributed by atoms with van der Waals surface area (Å²) in [5.41, 5.74) is 3.04. The zero-order chi connectivity index (χ0) is 23.0. The molecule has 32 heavy (non-hydrogen) atoms. The summed E-state index contributed by atoms with van der Waals surface area (Å²) in [6, 6.07) is 10.3. The predicted molar refractivity (Wildman–Crippen MR) is 127 cm³/mol. The summed E-state index contributed by atoms with van der Waals surface area (Å²) in [4.78, 5) is 32.0. The van der Waals surface area contributed by atoms with Gasteiger partial charge in [0.2, 0.25) is 0 Å². The molecule has 1 saturated heterocycles. The lowest BCUT2D eigenvalue weighted by molar-refractivity contribution is 0.0698.